The molecule has 52 heavy (non-hydrogen) atoms. The molecular formula is C32H32Cl4N8O8. The van der Waals surface area contributed by atoms with Gasteiger partial charge >= 0.3 is 5.97 Å². The van der Waals surface area contributed by atoms with E-state index in [1.54, 1.807) is 0 Å². The average molecular weight is 798 g/mol. The molecule has 20 heteroatoms. The van der Waals surface area contributed by atoms with E-state index in [0.29, 0.717) is 38.0 Å². The smallest absolute Gasteiger partial charge is 0.344 e. The Bertz CT molecular complexity index is 1860. The van der Waals surface area contributed by atoms with Crippen LogP contribution >= 0.6 is 46.4 Å². The highest BCUT2D eigenvalue weighted by molar-refractivity contribution is 6.41. The molecule has 0 aliphatic heterocycles. The van der Waals surface area contributed by atoms with Crippen molar-refractivity contribution in [2.45, 2.75) is 45.1 Å². The van der Waals surface area contributed by atoms with Crippen LogP contribution in [0.15, 0.2) is 47.5 Å². The summed E-state index contributed by atoms with van der Waals surface area (Å²) in [4.78, 5) is 60.5. The molecular weight excluding hydrogens is 766 g/mol. The molecule has 0 spiro atoms. The van der Waals surface area contributed by atoms with Gasteiger partial charge in [0.1, 0.15) is 37.6 Å². The van der Waals surface area contributed by atoms with Crippen molar-refractivity contribution in [2.75, 3.05) is 19.8 Å². The van der Waals surface area contributed by atoms with Gasteiger partial charge in [-0.25, -0.2) is 15.3 Å². The Labute approximate surface area is 316 Å². The summed E-state index contributed by atoms with van der Waals surface area (Å²) in [5.74, 6) is 7.66. The van der Waals surface area contributed by atoms with Crippen LogP contribution in [0, 0.1) is 5.92 Å². The summed E-state index contributed by atoms with van der Waals surface area (Å²) in [6.45, 7) is 0.887. The zero-order valence-corrected chi connectivity index (χ0v) is 30.3. The minimum absolute atomic E-state index is 0.0211. The second-order valence-corrected chi connectivity index (χ2v) is 12.7. The van der Waals surface area contributed by atoms with Crippen molar-refractivity contribution in [3.63, 3.8) is 0 Å². The molecule has 4 N–H and O–H groups in total. The predicted octanol–water partition coefficient (Wildman–Crippen LogP) is 4.42. The Balaban J connectivity index is 0.000000233. The fourth-order valence-corrected chi connectivity index (χ4v) is 6.10. The first-order valence-corrected chi connectivity index (χ1v) is 17.1. The maximum atomic E-state index is 12.7. The van der Waals surface area contributed by atoms with Crippen molar-refractivity contribution in [3.8, 4) is 11.5 Å². The molecule has 2 aliphatic carbocycles. The van der Waals surface area contributed by atoms with Gasteiger partial charge < -0.3 is 20.1 Å². The Morgan fingerprint density at radius 2 is 1.52 bits per heavy atom. The summed E-state index contributed by atoms with van der Waals surface area (Å²) in [6.07, 6.45) is 6.49. The SMILES string of the molecule is N/N=C\N(N)CCOc1c(Cl)ccc(C(=O)C2C(=O)CCCC2=O)c1Cl.O=C1C=C(OC(=O)c2ccc(Cl)c(OCCn3cnnn3)c2Cl)CCC1. The summed E-state index contributed by atoms with van der Waals surface area (Å²) >= 11 is 24.7. The van der Waals surface area contributed by atoms with Crippen molar-refractivity contribution < 1.29 is 38.2 Å². The molecule has 5 rings (SSSR count). The number of tetrazole rings is 1. The first-order chi connectivity index (χ1) is 24.9. The van der Waals surface area contributed by atoms with Crippen molar-refractivity contribution in [3.05, 3.63) is 73.6 Å². The normalized spacial score (nSPS) is 14.8. The number of carbonyl (C=O) groups excluding carboxylic acids is 5. The predicted molar refractivity (Wildman–Crippen MR) is 189 cm³/mol. The van der Waals surface area contributed by atoms with Crippen LogP contribution in [0.2, 0.25) is 20.1 Å². The molecule has 0 unspecified atom stereocenters. The van der Waals surface area contributed by atoms with Gasteiger partial charge in [-0.2, -0.15) is 5.10 Å². The molecule has 0 radical (unpaired) electrons. The second kappa shape index (κ2) is 19.3. The van der Waals surface area contributed by atoms with Gasteiger partial charge in [0.25, 0.3) is 0 Å². The lowest BCUT2D eigenvalue weighted by Crippen LogP contribution is -2.35. The standard InChI is InChI=1S/C16H14Cl2N4O4.C16H18Cl2N4O4/c17-13-5-4-12(16(24)26-11-3-1-2-10(23)8-11)14(18)15(13)25-7-6-22-9-19-20-21-22;17-10-5-4-9(15(25)13-11(23)2-1-3-12(13)24)14(18)16(10)26-7-6-22(20)8-21-19/h4-5,8-9H,1-3,6-7H2;4-5,8,13H,1-3,6-7,19-20H2/b;21-8-. The van der Waals surface area contributed by atoms with Crippen LogP contribution in [0.25, 0.3) is 0 Å². The monoisotopic (exact) mass is 796 g/mol. The van der Waals surface area contributed by atoms with E-state index in [1.165, 1.54) is 52.7 Å². The van der Waals surface area contributed by atoms with Gasteiger partial charge in [-0.3, -0.25) is 24.2 Å². The Hall–Kier alpha value is -4.61. The molecule has 3 aromatic rings. The zero-order chi connectivity index (χ0) is 37.8. The van der Waals surface area contributed by atoms with Gasteiger partial charge in [-0.05, 0) is 47.5 Å². The lowest BCUT2D eigenvalue weighted by molar-refractivity contribution is -0.133. The van der Waals surface area contributed by atoms with Gasteiger partial charge in [-0.15, -0.1) is 5.10 Å². The largest absolute Gasteiger partial charge is 0.489 e. The van der Waals surface area contributed by atoms with Crippen LogP contribution in [0.1, 0.15) is 59.2 Å². The Kier molecular flexibility index (Phi) is 14.9. The fraction of sp³-hybridized carbons (Fsp3) is 0.344. The zero-order valence-electron chi connectivity index (χ0n) is 27.3. The number of Topliss-reactive ketones (excluding diaryl/α,β-unsaturated/α-hetero) is 3. The molecule has 1 heterocycles. The van der Waals surface area contributed by atoms with E-state index in [9.17, 15) is 24.0 Å². The molecule has 0 amide bonds. The highest BCUT2D eigenvalue weighted by Crippen LogP contribution is 2.38. The van der Waals surface area contributed by atoms with Gasteiger partial charge in [0, 0.05) is 37.3 Å². The molecule has 2 aromatic carbocycles. The summed E-state index contributed by atoms with van der Waals surface area (Å²) in [5.41, 5.74) is 0.125. The number of halogens is 4. The van der Waals surface area contributed by atoms with E-state index in [-0.39, 0.29) is 92.7 Å². The number of ketones is 4. The van der Waals surface area contributed by atoms with Crippen molar-refractivity contribution in [1.29, 1.82) is 0 Å². The minimum atomic E-state index is -1.31. The molecule has 276 valence electrons. The lowest BCUT2D eigenvalue weighted by atomic mass is 9.81. The first-order valence-electron chi connectivity index (χ1n) is 15.6. The quantitative estimate of drug-likeness (QED) is 0.0465. The average Bonchev–Trinajstić information content (AvgIpc) is 3.62. The number of allylic oxidation sites excluding steroid dienone is 2. The number of hydrazone groups is 1. The van der Waals surface area contributed by atoms with E-state index in [0.717, 1.165) is 0 Å². The third kappa shape index (κ3) is 10.7. The number of rotatable bonds is 13. The summed E-state index contributed by atoms with van der Waals surface area (Å²) in [5, 5.41) is 15.6. The van der Waals surface area contributed by atoms with Crippen LogP contribution in [0.3, 0.4) is 0 Å². The van der Waals surface area contributed by atoms with Crippen LogP contribution in [-0.2, 0) is 25.7 Å². The number of aromatic nitrogens is 4. The summed E-state index contributed by atoms with van der Waals surface area (Å²) < 4.78 is 17.8. The number of hydrazine groups is 1. The third-order valence-corrected chi connectivity index (χ3v) is 8.84. The van der Waals surface area contributed by atoms with E-state index in [2.05, 4.69) is 20.6 Å². The number of hydrogen-bond donors (Lipinski definition) is 2. The van der Waals surface area contributed by atoms with Crippen molar-refractivity contribution in [2.24, 2.45) is 22.7 Å². The number of hydrogen-bond acceptors (Lipinski definition) is 14. The minimum Gasteiger partial charge on any atom is -0.489 e. The number of nitrogens with zero attached hydrogens (tertiary/aromatic N) is 6. The molecule has 0 saturated heterocycles. The topological polar surface area (TPSA) is 224 Å². The molecule has 2 aliphatic rings. The highest BCUT2D eigenvalue weighted by atomic mass is 35.5. The number of benzene rings is 2. The molecule has 1 saturated carbocycles. The number of carbonyl (C=O) groups is 5. The highest BCUT2D eigenvalue weighted by Gasteiger charge is 2.37. The van der Waals surface area contributed by atoms with Gasteiger partial charge in [0.05, 0.1) is 38.7 Å². The maximum absolute atomic E-state index is 12.7. The molecule has 1 aromatic heterocycles. The first kappa shape index (κ1) is 40.2. The molecule has 0 atom stereocenters. The van der Waals surface area contributed by atoms with Crippen LogP contribution in [0.5, 0.6) is 11.5 Å². The van der Waals surface area contributed by atoms with E-state index in [4.69, 9.17) is 72.3 Å². The van der Waals surface area contributed by atoms with Crippen LogP contribution < -0.4 is 21.2 Å². The van der Waals surface area contributed by atoms with Crippen LogP contribution in [-0.4, -0.2) is 80.4 Å². The van der Waals surface area contributed by atoms with E-state index < -0.39 is 17.7 Å². The molecule has 16 nitrogen and oxygen atoms in total. The Morgan fingerprint density at radius 1 is 0.904 bits per heavy atom. The number of nitrogens with two attached hydrogens (primary N) is 2. The third-order valence-electron chi connectivity index (χ3n) is 7.50. The lowest BCUT2D eigenvalue weighted by Gasteiger charge is -2.20. The van der Waals surface area contributed by atoms with Crippen LogP contribution in [0.4, 0.5) is 0 Å². The van der Waals surface area contributed by atoms with Gasteiger partial charge in [-0.1, -0.05) is 46.4 Å². The second-order valence-electron chi connectivity index (χ2n) is 11.2. The van der Waals surface area contributed by atoms with Crippen molar-refractivity contribution >= 4 is 81.8 Å². The van der Waals surface area contributed by atoms with Gasteiger partial charge in [0.15, 0.2) is 34.6 Å². The van der Waals surface area contributed by atoms with E-state index in [1.807, 2.05) is 0 Å². The maximum Gasteiger partial charge on any atom is 0.344 e. The van der Waals surface area contributed by atoms with Gasteiger partial charge in [0.2, 0.25) is 0 Å². The Morgan fingerprint density at radius 3 is 2.13 bits per heavy atom. The summed E-state index contributed by atoms with van der Waals surface area (Å²) in [7, 11) is 0. The number of ether oxygens (including phenoxy) is 3. The summed E-state index contributed by atoms with van der Waals surface area (Å²) in [6, 6.07) is 5.75. The molecule has 0 bridgehead atoms. The fourth-order valence-electron chi connectivity index (χ4n) is 4.97. The number of esters is 1. The molecule has 1 fully saturated rings. The van der Waals surface area contributed by atoms with E-state index >= 15 is 0 Å². The van der Waals surface area contributed by atoms with Crippen molar-refractivity contribution in [1.82, 2.24) is 25.2 Å².